The molecule has 2 nitrogen and oxygen atoms in total. The molecule has 1 aromatic carbocycles. The molecule has 0 bridgehead atoms. The van der Waals surface area contributed by atoms with Crippen molar-refractivity contribution in [1.29, 1.82) is 0 Å². The van der Waals surface area contributed by atoms with Gasteiger partial charge in [0.2, 0.25) is 5.91 Å². The van der Waals surface area contributed by atoms with Gasteiger partial charge in [0.1, 0.15) is 0 Å². The highest BCUT2D eigenvalue weighted by Gasteiger charge is 2.14. The number of rotatable bonds is 3. The second-order valence-electron chi connectivity index (χ2n) is 4.98. The zero-order valence-corrected chi connectivity index (χ0v) is 11.6. The van der Waals surface area contributed by atoms with Gasteiger partial charge in [0.05, 0.1) is 11.4 Å². The third-order valence-corrected chi connectivity index (χ3v) is 4.62. The van der Waals surface area contributed by atoms with E-state index >= 15 is 0 Å². The minimum Gasteiger partial charge on any atom is -0.317 e. The molecule has 19 heavy (non-hydrogen) atoms. The fraction of sp³-hybridized carbons (Fsp3) is 0.312. The van der Waals surface area contributed by atoms with Crippen LogP contribution in [0.25, 0.3) is 0 Å². The molecule has 3 rings (SSSR count). The van der Waals surface area contributed by atoms with E-state index in [-0.39, 0.29) is 5.91 Å². The molecule has 0 saturated carbocycles. The average Bonchev–Trinajstić information content (AvgIpc) is 2.81. The highest BCUT2D eigenvalue weighted by molar-refractivity contribution is 7.16. The predicted molar refractivity (Wildman–Crippen MR) is 79.7 cm³/mol. The summed E-state index contributed by atoms with van der Waals surface area (Å²) in [5, 5.41) is 4.03. The van der Waals surface area contributed by atoms with Gasteiger partial charge in [-0.2, -0.15) is 0 Å². The van der Waals surface area contributed by atoms with Crippen molar-refractivity contribution in [3.63, 3.8) is 0 Å². The molecule has 3 heteroatoms. The molecule has 0 aliphatic heterocycles. The number of hydrogen-bond acceptors (Lipinski definition) is 2. The first-order chi connectivity index (χ1) is 9.31. The van der Waals surface area contributed by atoms with Gasteiger partial charge in [-0.3, -0.25) is 4.79 Å². The first-order valence-corrected chi connectivity index (χ1v) is 7.58. The van der Waals surface area contributed by atoms with E-state index in [1.54, 1.807) is 11.3 Å². The van der Waals surface area contributed by atoms with Crippen LogP contribution in [0.3, 0.4) is 0 Å². The first-order valence-electron chi connectivity index (χ1n) is 6.76. The number of aryl methyl sites for hydroxylation is 2. The quantitative estimate of drug-likeness (QED) is 0.903. The second-order valence-corrected chi connectivity index (χ2v) is 6.11. The summed E-state index contributed by atoms with van der Waals surface area (Å²) in [6, 6.07) is 12.0. The largest absolute Gasteiger partial charge is 0.317 e. The standard InChI is InChI=1S/C16H17NOS/c18-15(10-12-6-2-1-3-7-12)17-16-11-13-8-4-5-9-14(13)19-16/h1-3,6-7,11H,4-5,8-10H2,(H,17,18). The lowest BCUT2D eigenvalue weighted by atomic mass is 10.00. The Morgan fingerprint density at radius 2 is 1.95 bits per heavy atom. The lowest BCUT2D eigenvalue weighted by Gasteiger charge is -2.08. The molecular weight excluding hydrogens is 254 g/mol. The summed E-state index contributed by atoms with van der Waals surface area (Å²) in [5.74, 6) is 0.0739. The number of carbonyl (C=O) groups excluding carboxylic acids is 1. The van der Waals surface area contributed by atoms with Crippen LogP contribution in [0.15, 0.2) is 36.4 Å². The van der Waals surface area contributed by atoms with Crippen molar-refractivity contribution in [2.75, 3.05) is 5.32 Å². The van der Waals surface area contributed by atoms with Crippen LogP contribution in [-0.2, 0) is 24.1 Å². The minimum atomic E-state index is 0.0739. The Hall–Kier alpha value is -1.61. The molecule has 1 aliphatic carbocycles. The number of nitrogens with one attached hydrogen (secondary N) is 1. The van der Waals surface area contributed by atoms with Crippen molar-refractivity contribution in [1.82, 2.24) is 0 Å². The third kappa shape index (κ3) is 3.04. The van der Waals surface area contributed by atoms with E-state index < -0.39 is 0 Å². The molecule has 1 N–H and O–H groups in total. The molecule has 1 aromatic heterocycles. The molecule has 1 heterocycles. The maximum atomic E-state index is 12.0. The maximum absolute atomic E-state index is 12.0. The molecule has 1 aliphatic rings. The maximum Gasteiger partial charge on any atom is 0.229 e. The van der Waals surface area contributed by atoms with E-state index in [9.17, 15) is 4.79 Å². The smallest absolute Gasteiger partial charge is 0.229 e. The molecule has 2 aromatic rings. The second kappa shape index (κ2) is 5.57. The fourth-order valence-electron chi connectivity index (χ4n) is 2.52. The summed E-state index contributed by atoms with van der Waals surface area (Å²) in [7, 11) is 0. The van der Waals surface area contributed by atoms with Gasteiger partial charge < -0.3 is 5.32 Å². The van der Waals surface area contributed by atoms with Crippen LogP contribution in [0.4, 0.5) is 5.00 Å². The molecule has 0 saturated heterocycles. The Morgan fingerprint density at radius 3 is 2.74 bits per heavy atom. The summed E-state index contributed by atoms with van der Waals surface area (Å²) in [6.45, 7) is 0. The van der Waals surface area contributed by atoms with Gasteiger partial charge in [0, 0.05) is 4.88 Å². The number of anilines is 1. The summed E-state index contributed by atoms with van der Waals surface area (Å²) in [5.41, 5.74) is 2.49. The molecule has 1 amide bonds. The van der Waals surface area contributed by atoms with E-state index in [0.717, 1.165) is 10.6 Å². The Morgan fingerprint density at radius 1 is 1.16 bits per heavy atom. The van der Waals surface area contributed by atoms with Crippen LogP contribution in [-0.4, -0.2) is 5.91 Å². The fourth-order valence-corrected chi connectivity index (χ4v) is 3.69. The monoisotopic (exact) mass is 271 g/mol. The van der Waals surface area contributed by atoms with Crippen LogP contribution in [0, 0.1) is 0 Å². The Labute approximate surface area is 117 Å². The molecule has 0 atom stereocenters. The van der Waals surface area contributed by atoms with Crippen molar-refractivity contribution in [2.45, 2.75) is 32.1 Å². The van der Waals surface area contributed by atoms with E-state index in [0.29, 0.717) is 6.42 Å². The topological polar surface area (TPSA) is 29.1 Å². The number of amides is 1. The van der Waals surface area contributed by atoms with Crippen LogP contribution in [0.5, 0.6) is 0 Å². The van der Waals surface area contributed by atoms with Gasteiger partial charge in [0.15, 0.2) is 0 Å². The van der Waals surface area contributed by atoms with Crippen molar-refractivity contribution in [2.24, 2.45) is 0 Å². The number of benzene rings is 1. The molecule has 0 radical (unpaired) electrons. The first kappa shape index (κ1) is 12.4. The van der Waals surface area contributed by atoms with Gasteiger partial charge in [0.25, 0.3) is 0 Å². The van der Waals surface area contributed by atoms with Gasteiger partial charge in [-0.1, -0.05) is 30.3 Å². The number of hydrogen-bond donors (Lipinski definition) is 1. The normalized spacial score (nSPS) is 13.9. The lowest BCUT2D eigenvalue weighted by molar-refractivity contribution is -0.115. The van der Waals surface area contributed by atoms with Crippen LogP contribution in [0.1, 0.15) is 28.8 Å². The van der Waals surface area contributed by atoms with E-state index in [1.807, 2.05) is 30.3 Å². The van der Waals surface area contributed by atoms with Crippen molar-refractivity contribution >= 4 is 22.2 Å². The van der Waals surface area contributed by atoms with Crippen molar-refractivity contribution < 1.29 is 4.79 Å². The molecule has 98 valence electrons. The number of thiophene rings is 1. The highest BCUT2D eigenvalue weighted by atomic mass is 32.1. The van der Waals surface area contributed by atoms with Gasteiger partial charge in [-0.15, -0.1) is 11.3 Å². The Bertz CT molecular complexity index is 550. The summed E-state index contributed by atoms with van der Waals surface area (Å²) in [6.07, 6.45) is 5.35. The number of fused-ring (bicyclic) bond motifs is 1. The summed E-state index contributed by atoms with van der Waals surface area (Å²) < 4.78 is 0. The van der Waals surface area contributed by atoms with Crippen molar-refractivity contribution in [3.05, 3.63) is 52.4 Å². The molecule has 0 fully saturated rings. The number of carbonyl (C=O) groups is 1. The van der Waals surface area contributed by atoms with Gasteiger partial charge in [-0.25, -0.2) is 0 Å². The SMILES string of the molecule is O=C(Cc1ccccc1)Nc1cc2c(s1)CCCC2. The van der Waals surface area contributed by atoms with Crippen LogP contribution < -0.4 is 5.32 Å². The van der Waals surface area contributed by atoms with Crippen LogP contribution in [0.2, 0.25) is 0 Å². The summed E-state index contributed by atoms with van der Waals surface area (Å²) >= 11 is 1.74. The predicted octanol–water partition coefficient (Wildman–Crippen LogP) is 3.81. The molecule has 0 spiro atoms. The zero-order valence-electron chi connectivity index (χ0n) is 10.8. The van der Waals surface area contributed by atoms with E-state index in [4.69, 9.17) is 0 Å². The lowest BCUT2D eigenvalue weighted by Crippen LogP contribution is -2.13. The summed E-state index contributed by atoms with van der Waals surface area (Å²) in [4.78, 5) is 13.4. The van der Waals surface area contributed by atoms with Crippen LogP contribution >= 0.6 is 11.3 Å². The Kier molecular flexibility index (Phi) is 3.65. The molecule has 0 unspecified atom stereocenters. The molecular formula is C16H17NOS. The minimum absolute atomic E-state index is 0.0739. The zero-order chi connectivity index (χ0) is 13.1. The third-order valence-electron chi connectivity index (χ3n) is 3.47. The highest BCUT2D eigenvalue weighted by Crippen LogP contribution is 2.32. The Balaban J connectivity index is 1.65. The van der Waals surface area contributed by atoms with Crippen molar-refractivity contribution in [3.8, 4) is 0 Å². The van der Waals surface area contributed by atoms with Gasteiger partial charge in [-0.05, 0) is 42.9 Å². The van der Waals surface area contributed by atoms with E-state index in [2.05, 4.69) is 11.4 Å². The van der Waals surface area contributed by atoms with E-state index in [1.165, 1.54) is 36.1 Å². The average molecular weight is 271 g/mol. The van der Waals surface area contributed by atoms with Gasteiger partial charge >= 0.3 is 0 Å².